The maximum absolute atomic E-state index is 12.1. The van der Waals surface area contributed by atoms with Crippen molar-refractivity contribution in [2.45, 2.75) is 0 Å². The number of thiazole rings is 1. The average Bonchev–Trinajstić information content (AvgIpc) is 2.91. The molecule has 18 heavy (non-hydrogen) atoms. The van der Waals surface area contributed by atoms with Crippen molar-refractivity contribution in [2.75, 3.05) is 11.9 Å². The van der Waals surface area contributed by atoms with Crippen molar-refractivity contribution >= 4 is 40.1 Å². The third-order valence-electron chi connectivity index (χ3n) is 2.49. The van der Waals surface area contributed by atoms with Crippen molar-refractivity contribution < 1.29 is 4.79 Å². The average molecular weight is 277 g/mol. The number of hydrogen-bond acceptors (Lipinski definition) is 4. The molecule has 1 aromatic heterocycles. The molecule has 0 fully saturated rings. The number of amides is 1. The summed E-state index contributed by atoms with van der Waals surface area (Å²) < 4.78 is 0. The largest absolute Gasteiger partial charge is 0.389 e. The number of carbonyl (C=O) groups is 1. The molecule has 1 heterocycles. The first-order chi connectivity index (χ1) is 8.59. The Hall–Kier alpha value is -1.79. The fourth-order valence-corrected chi connectivity index (χ4v) is 2.18. The summed E-state index contributed by atoms with van der Waals surface area (Å²) in [6.45, 7) is 0. The Bertz CT molecular complexity index is 564. The molecular formula is C12H11N3OS2. The number of aromatic nitrogens is 1. The fraction of sp³-hybridized carbons (Fsp3) is 0.0833. The highest BCUT2D eigenvalue weighted by molar-refractivity contribution is 7.80. The number of thiocarbonyl (C=S) groups is 1. The van der Waals surface area contributed by atoms with Gasteiger partial charge in [0.05, 0.1) is 11.7 Å². The minimum absolute atomic E-state index is 0.0828. The molecule has 6 heteroatoms. The minimum Gasteiger partial charge on any atom is -0.389 e. The Kier molecular flexibility index (Phi) is 3.69. The SMILES string of the molecule is CN(C(=O)c1cncs1)c1ccc(C(N)=S)cc1. The Balaban J connectivity index is 2.21. The van der Waals surface area contributed by atoms with Gasteiger partial charge in [0, 0.05) is 18.3 Å². The molecule has 0 spiro atoms. The number of nitrogens with zero attached hydrogens (tertiary/aromatic N) is 2. The highest BCUT2D eigenvalue weighted by atomic mass is 32.1. The minimum atomic E-state index is -0.0828. The first-order valence-corrected chi connectivity index (χ1v) is 6.45. The molecule has 0 aliphatic carbocycles. The van der Waals surface area contributed by atoms with Gasteiger partial charge in [-0.05, 0) is 24.3 Å². The lowest BCUT2D eigenvalue weighted by atomic mass is 10.2. The van der Waals surface area contributed by atoms with Gasteiger partial charge in [-0.2, -0.15) is 0 Å². The van der Waals surface area contributed by atoms with Crippen LogP contribution >= 0.6 is 23.6 Å². The van der Waals surface area contributed by atoms with Gasteiger partial charge in [-0.3, -0.25) is 9.78 Å². The van der Waals surface area contributed by atoms with Crippen LogP contribution in [0.5, 0.6) is 0 Å². The molecule has 2 aromatic rings. The molecule has 0 atom stereocenters. The van der Waals surface area contributed by atoms with Gasteiger partial charge in [0.2, 0.25) is 0 Å². The Morgan fingerprint density at radius 2 is 2.06 bits per heavy atom. The van der Waals surface area contributed by atoms with E-state index in [9.17, 15) is 4.79 Å². The van der Waals surface area contributed by atoms with Crippen LogP contribution < -0.4 is 10.6 Å². The standard InChI is InChI=1S/C12H11N3OS2/c1-15(12(16)10-6-14-7-18-10)9-4-2-8(3-5-9)11(13)17/h2-7H,1H3,(H2,13,17). The molecule has 0 saturated heterocycles. The van der Waals surface area contributed by atoms with Crippen LogP contribution in [-0.4, -0.2) is 22.9 Å². The summed E-state index contributed by atoms with van der Waals surface area (Å²) in [4.78, 5) is 18.5. The summed E-state index contributed by atoms with van der Waals surface area (Å²) in [6.07, 6.45) is 1.56. The number of rotatable bonds is 3. The Morgan fingerprint density at radius 3 is 2.56 bits per heavy atom. The molecule has 92 valence electrons. The Labute approximate surface area is 114 Å². The van der Waals surface area contributed by atoms with E-state index < -0.39 is 0 Å². The third-order valence-corrected chi connectivity index (χ3v) is 3.48. The monoisotopic (exact) mass is 277 g/mol. The second-order valence-corrected chi connectivity index (χ2v) is 4.97. The van der Waals surface area contributed by atoms with Crippen LogP contribution in [0.4, 0.5) is 5.69 Å². The van der Waals surface area contributed by atoms with E-state index in [0.29, 0.717) is 9.87 Å². The molecule has 0 bridgehead atoms. The van der Waals surface area contributed by atoms with Crippen LogP contribution in [0.1, 0.15) is 15.2 Å². The summed E-state index contributed by atoms with van der Waals surface area (Å²) in [7, 11) is 1.72. The second-order valence-electron chi connectivity index (χ2n) is 3.64. The lowest BCUT2D eigenvalue weighted by Crippen LogP contribution is -2.25. The van der Waals surface area contributed by atoms with Crippen LogP contribution in [0.3, 0.4) is 0 Å². The molecule has 4 nitrogen and oxygen atoms in total. The molecule has 2 N–H and O–H groups in total. The van der Waals surface area contributed by atoms with Gasteiger partial charge in [-0.25, -0.2) is 0 Å². The lowest BCUT2D eigenvalue weighted by Gasteiger charge is -2.16. The van der Waals surface area contributed by atoms with Crippen molar-refractivity contribution in [1.29, 1.82) is 0 Å². The van der Waals surface area contributed by atoms with Crippen LogP contribution in [0.2, 0.25) is 0 Å². The molecule has 0 aliphatic rings. The number of anilines is 1. The van der Waals surface area contributed by atoms with Gasteiger partial charge in [0.25, 0.3) is 5.91 Å². The maximum Gasteiger partial charge on any atom is 0.269 e. The number of nitrogens with two attached hydrogens (primary N) is 1. The van der Waals surface area contributed by atoms with E-state index in [1.807, 2.05) is 12.1 Å². The van der Waals surface area contributed by atoms with E-state index >= 15 is 0 Å². The van der Waals surface area contributed by atoms with Gasteiger partial charge in [0.1, 0.15) is 9.87 Å². The highest BCUT2D eigenvalue weighted by Gasteiger charge is 2.14. The van der Waals surface area contributed by atoms with E-state index in [1.54, 1.807) is 35.8 Å². The van der Waals surface area contributed by atoms with E-state index in [-0.39, 0.29) is 5.91 Å². The first kappa shape index (κ1) is 12.7. The number of hydrogen-bond donors (Lipinski definition) is 1. The van der Waals surface area contributed by atoms with E-state index in [1.165, 1.54) is 11.3 Å². The van der Waals surface area contributed by atoms with E-state index in [4.69, 9.17) is 18.0 Å². The van der Waals surface area contributed by atoms with Gasteiger partial charge in [0.15, 0.2) is 0 Å². The van der Waals surface area contributed by atoms with Gasteiger partial charge in [-0.15, -0.1) is 11.3 Å². The van der Waals surface area contributed by atoms with Crippen molar-refractivity contribution in [1.82, 2.24) is 4.98 Å². The zero-order chi connectivity index (χ0) is 13.1. The maximum atomic E-state index is 12.1. The molecule has 2 rings (SSSR count). The summed E-state index contributed by atoms with van der Waals surface area (Å²) >= 11 is 6.20. The van der Waals surface area contributed by atoms with Crippen LogP contribution in [0, 0.1) is 0 Å². The van der Waals surface area contributed by atoms with Crippen molar-refractivity contribution in [3.8, 4) is 0 Å². The Morgan fingerprint density at radius 1 is 1.39 bits per heavy atom. The normalized spacial score (nSPS) is 10.1. The zero-order valence-corrected chi connectivity index (χ0v) is 11.3. The van der Waals surface area contributed by atoms with Crippen LogP contribution in [0.25, 0.3) is 0 Å². The molecule has 0 aliphatic heterocycles. The smallest absolute Gasteiger partial charge is 0.269 e. The first-order valence-electron chi connectivity index (χ1n) is 5.16. The summed E-state index contributed by atoms with van der Waals surface area (Å²) in [5.74, 6) is -0.0828. The zero-order valence-electron chi connectivity index (χ0n) is 9.66. The van der Waals surface area contributed by atoms with Crippen LogP contribution in [0.15, 0.2) is 36.0 Å². The van der Waals surface area contributed by atoms with Crippen LogP contribution in [-0.2, 0) is 0 Å². The molecular weight excluding hydrogens is 266 g/mol. The van der Waals surface area contributed by atoms with Gasteiger partial charge < -0.3 is 10.6 Å². The van der Waals surface area contributed by atoms with Crippen molar-refractivity contribution in [2.24, 2.45) is 5.73 Å². The molecule has 0 radical (unpaired) electrons. The van der Waals surface area contributed by atoms with Gasteiger partial charge >= 0.3 is 0 Å². The lowest BCUT2D eigenvalue weighted by molar-refractivity contribution is 0.0996. The molecule has 0 saturated carbocycles. The predicted octanol–water partition coefficient (Wildman–Crippen LogP) is 2.05. The topological polar surface area (TPSA) is 59.2 Å². The molecule has 1 aromatic carbocycles. The van der Waals surface area contributed by atoms with E-state index in [0.717, 1.165) is 11.3 Å². The van der Waals surface area contributed by atoms with E-state index in [2.05, 4.69) is 4.98 Å². The molecule has 1 amide bonds. The number of benzene rings is 1. The summed E-state index contributed by atoms with van der Waals surface area (Å²) in [6, 6.07) is 7.23. The highest BCUT2D eigenvalue weighted by Crippen LogP contribution is 2.18. The predicted molar refractivity (Wildman–Crippen MR) is 77.2 cm³/mol. The second kappa shape index (κ2) is 5.24. The summed E-state index contributed by atoms with van der Waals surface area (Å²) in [5.41, 5.74) is 8.73. The molecule has 0 unspecified atom stereocenters. The summed E-state index contributed by atoms with van der Waals surface area (Å²) in [5, 5.41) is 0. The third kappa shape index (κ3) is 2.55. The van der Waals surface area contributed by atoms with Gasteiger partial charge in [-0.1, -0.05) is 12.2 Å². The quantitative estimate of drug-likeness (QED) is 0.872. The van der Waals surface area contributed by atoms with Crippen molar-refractivity contribution in [3.05, 3.63) is 46.4 Å². The number of carbonyl (C=O) groups excluding carboxylic acids is 1. The van der Waals surface area contributed by atoms with Crippen molar-refractivity contribution in [3.63, 3.8) is 0 Å². The fourth-order valence-electron chi connectivity index (χ4n) is 1.45.